The van der Waals surface area contributed by atoms with Gasteiger partial charge in [0.2, 0.25) is 0 Å². The van der Waals surface area contributed by atoms with Crippen LogP contribution < -0.4 is 15.4 Å². The molecule has 4 nitrogen and oxygen atoms in total. The third kappa shape index (κ3) is 7.48. The second kappa shape index (κ2) is 10.6. The van der Waals surface area contributed by atoms with E-state index in [1.807, 2.05) is 24.3 Å². The molecule has 0 atom stereocenters. The number of carbonyl (C=O) groups excluding carboxylic acids is 1. The second-order valence-corrected chi connectivity index (χ2v) is 6.32. The normalized spacial score (nSPS) is 10.3. The highest BCUT2D eigenvalue weighted by Crippen LogP contribution is 2.19. The van der Waals surface area contributed by atoms with Gasteiger partial charge in [-0.15, -0.1) is 0 Å². The van der Waals surface area contributed by atoms with Crippen molar-refractivity contribution in [3.8, 4) is 5.75 Å². The molecule has 0 aliphatic carbocycles. The van der Waals surface area contributed by atoms with Crippen LogP contribution in [0.5, 0.6) is 5.75 Å². The zero-order valence-corrected chi connectivity index (χ0v) is 15.3. The molecule has 0 saturated carbocycles. The first-order valence-electron chi connectivity index (χ1n) is 8.74. The standard InChI is InChI=1S/C20H25ClN2O2/c1-2-3-4-5-6-13-25-19-12-8-11-18(15-19)23-20(24)22-17-10-7-9-16(21)14-17/h7-12,14-15H,2-6,13H2,1H3,(H2,22,23,24). The van der Waals surface area contributed by atoms with Gasteiger partial charge in [0, 0.05) is 22.5 Å². The Balaban J connectivity index is 1.79. The number of halogens is 1. The summed E-state index contributed by atoms with van der Waals surface area (Å²) in [5, 5.41) is 6.12. The van der Waals surface area contributed by atoms with Gasteiger partial charge in [-0.3, -0.25) is 0 Å². The molecule has 0 bridgehead atoms. The van der Waals surface area contributed by atoms with Crippen LogP contribution in [0.1, 0.15) is 39.0 Å². The highest BCUT2D eigenvalue weighted by molar-refractivity contribution is 6.30. The fourth-order valence-corrected chi connectivity index (χ4v) is 2.61. The molecule has 0 saturated heterocycles. The van der Waals surface area contributed by atoms with E-state index in [4.69, 9.17) is 16.3 Å². The van der Waals surface area contributed by atoms with Crippen LogP contribution in [0.3, 0.4) is 0 Å². The van der Waals surface area contributed by atoms with Crippen LogP contribution in [0.25, 0.3) is 0 Å². The van der Waals surface area contributed by atoms with Crippen LogP contribution in [-0.4, -0.2) is 12.6 Å². The van der Waals surface area contributed by atoms with Crippen LogP contribution in [0.4, 0.5) is 16.2 Å². The minimum Gasteiger partial charge on any atom is -0.494 e. The Kier molecular flexibility index (Phi) is 8.13. The molecule has 2 amide bonds. The van der Waals surface area contributed by atoms with Crippen molar-refractivity contribution in [1.29, 1.82) is 0 Å². The molecule has 134 valence electrons. The number of hydrogen-bond donors (Lipinski definition) is 2. The van der Waals surface area contributed by atoms with Gasteiger partial charge in [0.1, 0.15) is 5.75 Å². The van der Waals surface area contributed by atoms with Crippen molar-refractivity contribution in [1.82, 2.24) is 0 Å². The molecular formula is C20H25ClN2O2. The maximum atomic E-state index is 12.1. The molecule has 0 aromatic heterocycles. The van der Waals surface area contributed by atoms with Crippen molar-refractivity contribution in [3.63, 3.8) is 0 Å². The number of urea groups is 1. The lowest BCUT2D eigenvalue weighted by atomic mass is 10.2. The smallest absolute Gasteiger partial charge is 0.323 e. The molecule has 2 aromatic rings. The summed E-state index contributed by atoms with van der Waals surface area (Å²) >= 11 is 5.91. The number of benzene rings is 2. The van der Waals surface area contributed by atoms with Crippen molar-refractivity contribution in [3.05, 3.63) is 53.6 Å². The van der Waals surface area contributed by atoms with Gasteiger partial charge >= 0.3 is 6.03 Å². The largest absolute Gasteiger partial charge is 0.494 e. The van der Waals surface area contributed by atoms with Crippen molar-refractivity contribution in [2.45, 2.75) is 39.0 Å². The van der Waals surface area contributed by atoms with Crippen molar-refractivity contribution in [2.24, 2.45) is 0 Å². The van der Waals surface area contributed by atoms with Crippen LogP contribution >= 0.6 is 11.6 Å². The lowest BCUT2D eigenvalue weighted by molar-refractivity contribution is 0.262. The van der Waals surface area contributed by atoms with Gasteiger partial charge in [-0.2, -0.15) is 0 Å². The van der Waals surface area contributed by atoms with Gasteiger partial charge in [0.15, 0.2) is 0 Å². The molecule has 0 radical (unpaired) electrons. The lowest BCUT2D eigenvalue weighted by Crippen LogP contribution is -2.19. The number of carbonyl (C=O) groups is 1. The first-order chi connectivity index (χ1) is 12.2. The van der Waals surface area contributed by atoms with E-state index < -0.39 is 0 Å². The molecule has 0 unspecified atom stereocenters. The summed E-state index contributed by atoms with van der Waals surface area (Å²) in [4.78, 5) is 12.1. The molecule has 2 rings (SSSR count). The molecule has 2 aromatic carbocycles. The molecule has 0 heterocycles. The lowest BCUT2D eigenvalue weighted by Gasteiger charge is -2.10. The minimum atomic E-state index is -0.320. The van der Waals surface area contributed by atoms with E-state index in [0.29, 0.717) is 23.0 Å². The Morgan fingerprint density at radius 1 is 0.960 bits per heavy atom. The van der Waals surface area contributed by atoms with E-state index in [0.717, 1.165) is 12.2 Å². The first kappa shape index (κ1) is 19.1. The first-order valence-corrected chi connectivity index (χ1v) is 9.11. The zero-order valence-electron chi connectivity index (χ0n) is 14.6. The molecule has 0 aliphatic rings. The van der Waals surface area contributed by atoms with Crippen molar-refractivity contribution < 1.29 is 9.53 Å². The van der Waals surface area contributed by atoms with Gasteiger partial charge in [-0.1, -0.05) is 56.3 Å². The van der Waals surface area contributed by atoms with Gasteiger partial charge < -0.3 is 15.4 Å². The summed E-state index contributed by atoms with van der Waals surface area (Å²) in [5.74, 6) is 0.760. The molecule has 0 spiro atoms. The van der Waals surface area contributed by atoms with E-state index in [1.165, 1.54) is 25.7 Å². The number of unbranched alkanes of at least 4 members (excludes halogenated alkanes) is 4. The average molecular weight is 361 g/mol. The number of rotatable bonds is 9. The predicted molar refractivity (Wildman–Crippen MR) is 105 cm³/mol. The van der Waals surface area contributed by atoms with E-state index in [-0.39, 0.29) is 6.03 Å². The summed E-state index contributed by atoms with van der Waals surface area (Å²) in [6.45, 7) is 2.90. The Morgan fingerprint density at radius 2 is 1.64 bits per heavy atom. The van der Waals surface area contributed by atoms with Gasteiger partial charge in [0.05, 0.1) is 6.61 Å². The number of anilines is 2. The number of ether oxygens (including phenoxy) is 1. The SMILES string of the molecule is CCCCCCCOc1cccc(NC(=O)Nc2cccc(Cl)c2)c1. The maximum absolute atomic E-state index is 12.1. The van der Waals surface area contributed by atoms with Crippen LogP contribution in [0.15, 0.2) is 48.5 Å². The second-order valence-electron chi connectivity index (χ2n) is 5.88. The van der Waals surface area contributed by atoms with Crippen molar-refractivity contribution >= 4 is 29.0 Å². The Morgan fingerprint density at radius 3 is 2.36 bits per heavy atom. The Bertz CT molecular complexity index is 676. The minimum absolute atomic E-state index is 0.320. The predicted octanol–water partition coefficient (Wildman–Crippen LogP) is 6.33. The molecular weight excluding hydrogens is 336 g/mol. The molecule has 0 fully saturated rings. The molecule has 0 aliphatic heterocycles. The number of amides is 2. The monoisotopic (exact) mass is 360 g/mol. The van der Waals surface area contributed by atoms with E-state index in [9.17, 15) is 4.79 Å². The quantitative estimate of drug-likeness (QED) is 0.513. The molecule has 5 heteroatoms. The zero-order chi connectivity index (χ0) is 17.9. The fourth-order valence-electron chi connectivity index (χ4n) is 2.42. The Hall–Kier alpha value is -2.20. The van der Waals surface area contributed by atoms with Crippen molar-refractivity contribution in [2.75, 3.05) is 17.2 Å². The van der Waals surface area contributed by atoms with E-state index >= 15 is 0 Å². The van der Waals surface area contributed by atoms with Gasteiger partial charge in [0.25, 0.3) is 0 Å². The Labute approximate surface area is 154 Å². The van der Waals surface area contributed by atoms with Crippen LogP contribution in [-0.2, 0) is 0 Å². The molecule has 2 N–H and O–H groups in total. The number of hydrogen-bond acceptors (Lipinski definition) is 2. The summed E-state index contributed by atoms with van der Waals surface area (Å²) in [6.07, 6.45) is 6.01. The van der Waals surface area contributed by atoms with Crippen LogP contribution in [0.2, 0.25) is 5.02 Å². The summed E-state index contributed by atoms with van der Waals surface area (Å²) in [6, 6.07) is 14.1. The summed E-state index contributed by atoms with van der Waals surface area (Å²) < 4.78 is 5.75. The highest BCUT2D eigenvalue weighted by atomic mass is 35.5. The van der Waals surface area contributed by atoms with E-state index in [2.05, 4.69) is 17.6 Å². The van der Waals surface area contributed by atoms with Crippen LogP contribution in [0, 0.1) is 0 Å². The van der Waals surface area contributed by atoms with E-state index in [1.54, 1.807) is 24.3 Å². The van der Waals surface area contributed by atoms with Gasteiger partial charge in [-0.05, 0) is 36.8 Å². The topological polar surface area (TPSA) is 50.4 Å². The fraction of sp³-hybridized carbons (Fsp3) is 0.350. The summed E-state index contributed by atoms with van der Waals surface area (Å²) in [7, 11) is 0. The summed E-state index contributed by atoms with van der Waals surface area (Å²) in [5.41, 5.74) is 1.33. The average Bonchev–Trinajstić information content (AvgIpc) is 2.58. The molecule has 25 heavy (non-hydrogen) atoms. The van der Waals surface area contributed by atoms with Gasteiger partial charge in [-0.25, -0.2) is 4.79 Å². The maximum Gasteiger partial charge on any atom is 0.323 e. The highest BCUT2D eigenvalue weighted by Gasteiger charge is 2.04. The third-order valence-corrected chi connectivity index (χ3v) is 3.93. The third-order valence-electron chi connectivity index (χ3n) is 3.69. The number of nitrogens with one attached hydrogen (secondary N) is 2.